The van der Waals surface area contributed by atoms with Gasteiger partial charge in [-0.2, -0.15) is 5.21 Å². The predicted octanol–water partition coefficient (Wildman–Crippen LogP) is 3.72. The van der Waals surface area contributed by atoms with Crippen molar-refractivity contribution < 1.29 is 14.4 Å². The molecule has 0 unspecified atom stereocenters. The van der Waals surface area contributed by atoms with Crippen LogP contribution in [0.3, 0.4) is 0 Å². The third kappa shape index (κ3) is 3.48. The number of nitrogens with zero attached hydrogens (tertiary/aromatic N) is 4. The number of nitrogens with one attached hydrogen (secondary N) is 3. The Labute approximate surface area is 189 Å². The summed E-state index contributed by atoms with van der Waals surface area (Å²) in [5, 5.41) is 44.5. The number of phenolic OH excluding ortho intramolecular Hbond substituents is 1. The SMILES string of the molecule is N=C(N)c1cc2cc(-c3cc(-c4nn[nH]n4)cc(-c4cccc([N+](=O)[O-])c4)c3O)[nH]c2cc1F. The van der Waals surface area contributed by atoms with E-state index in [4.69, 9.17) is 11.1 Å². The van der Waals surface area contributed by atoms with Gasteiger partial charge in [0.1, 0.15) is 17.4 Å². The first-order valence-corrected chi connectivity index (χ1v) is 9.84. The molecule has 12 heteroatoms. The zero-order valence-corrected chi connectivity index (χ0v) is 17.2. The summed E-state index contributed by atoms with van der Waals surface area (Å²) < 4.78 is 14.3. The molecule has 0 aliphatic heterocycles. The molecular weight excluding hydrogens is 443 g/mol. The highest BCUT2D eigenvalue weighted by molar-refractivity contribution is 6.00. The summed E-state index contributed by atoms with van der Waals surface area (Å²) >= 11 is 0. The Hall–Kier alpha value is -5.13. The molecule has 0 fully saturated rings. The van der Waals surface area contributed by atoms with Crippen LogP contribution < -0.4 is 5.73 Å². The van der Waals surface area contributed by atoms with Crippen molar-refractivity contribution in [2.75, 3.05) is 0 Å². The number of nitrogens with two attached hydrogens (primary N) is 1. The number of hydrogen-bond acceptors (Lipinski definition) is 7. The Morgan fingerprint density at radius 3 is 2.62 bits per heavy atom. The summed E-state index contributed by atoms with van der Waals surface area (Å²) in [6.45, 7) is 0. The maximum atomic E-state index is 14.3. The van der Waals surface area contributed by atoms with E-state index in [1.165, 1.54) is 30.3 Å². The minimum atomic E-state index is -0.657. The quantitative estimate of drug-likeness (QED) is 0.115. The Kier molecular flexibility index (Phi) is 4.75. The van der Waals surface area contributed by atoms with Crippen molar-refractivity contribution in [2.24, 2.45) is 5.73 Å². The van der Waals surface area contributed by atoms with Crippen LogP contribution in [-0.2, 0) is 0 Å². The molecule has 0 saturated carbocycles. The van der Waals surface area contributed by atoms with Gasteiger partial charge in [-0.05, 0) is 41.1 Å². The Balaban J connectivity index is 1.75. The second kappa shape index (κ2) is 7.78. The number of hydrogen-bond donors (Lipinski definition) is 5. The summed E-state index contributed by atoms with van der Waals surface area (Å²) in [4.78, 5) is 13.8. The molecule has 3 aromatic carbocycles. The Morgan fingerprint density at radius 2 is 1.91 bits per heavy atom. The molecule has 0 spiro atoms. The minimum absolute atomic E-state index is 0.0416. The van der Waals surface area contributed by atoms with Gasteiger partial charge in [-0.3, -0.25) is 15.5 Å². The van der Waals surface area contributed by atoms with E-state index in [-0.39, 0.29) is 22.8 Å². The summed E-state index contributed by atoms with van der Waals surface area (Å²) in [6.07, 6.45) is 0. The second-order valence-electron chi connectivity index (χ2n) is 7.48. The average Bonchev–Trinajstić information content (AvgIpc) is 3.48. The van der Waals surface area contributed by atoms with Gasteiger partial charge in [-0.1, -0.05) is 12.1 Å². The maximum Gasteiger partial charge on any atom is 0.270 e. The third-order valence-corrected chi connectivity index (χ3v) is 5.37. The van der Waals surface area contributed by atoms with Crippen LogP contribution in [0.25, 0.3) is 44.7 Å². The van der Waals surface area contributed by atoms with Crippen LogP contribution in [0.2, 0.25) is 0 Å². The van der Waals surface area contributed by atoms with Gasteiger partial charge in [0.15, 0.2) is 0 Å². The lowest BCUT2D eigenvalue weighted by molar-refractivity contribution is -0.384. The number of rotatable bonds is 5. The van der Waals surface area contributed by atoms with E-state index in [1.807, 2.05) is 0 Å². The number of benzene rings is 3. The number of nitrogen functional groups attached to an aromatic ring is 1. The largest absolute Gasteiger partial charge is 0.507 e. The van der Waals surface area contributed by atoms with Gasteiger partial charge in [-0.15, -0.1) is 10.2 Å². The maximum absolute atomic E-state index is 14.3. The first-order chi connectivity index (χ1) is 16.3. The van der Waals surface area contributed by atoms with Crippen molar-refractivity contribution in [1.29, 1.82) is 5.41 Å². The molecule has 34 heavy (non-hydrogen) atoms. The average molecular weight is 458 g/mol. The standard InChI is InChI=1S/C22H15FN8O3/c23-17-9-18-11(5-15(17)21(24)25)8-19(26-18)16-7-12(22-27-29-30-28-22)6-14(20(16)32)10-2-1-3-13(4-10)31(33)34/h1-9,26,32H,(H3,24,25)(H,27,28,29,30). The summed E-state index contributed by atoms with van der Waals surface area (Å²) in [6, 6.07) is 13.4. The van der Waals surface area contributed by atoms with Crippen LogP contribution in [0, 0.1) is 21.3 Å². The zero-order chi connectivity index (χ0) is 24.0. The fourth-order valence-corrected chi connectivity index (χ4v) is 3.77. The van der Waals surface area contributed by atoms with Crippen molar-refractivity contribution in [1.82, 2.24) is 25.6 Å². The van der Waals surface area contributed by atoms with E-state index >= 15 is 0 Å². The highest BCUT2D eigenvalue weighted by Crippen LogP contribution is 2.42. The molecule has 0 radical (unpaired) electrons. The van der Waals surface area contributed by atoms with Gasteiger partial charge < -0.3 is 15.8 Å². The fraction of sp³-hybridized carbons (Fsp3) is 0. The van der Waals surface area contributed by atoms with E-state index in [9.17, 15) is 19.6 Å². The molecule has 0 aliphatic carbocycles. The van der Waals surface area contributed by atoms with E-state index in [2.05, 4.69) is 25.6 Å². The van der Waals surface area contributed by atoms with Gasteiger partial charge in [0.2, 0.25) is 5.82 Å². The van der Waals surface area contributed by atoms with Crippen molar-refractivity contribution >= 4 is 22.4 Å². The molecule has 168 valence electrons. The van der Waals surface area contributed by atoms with Crippen LogP contribution in [0.4, 0.5) is 10.1 Å². The molecule has 2 aromatic heterocycles. The molecular formula is C22H15FN8O3. The lowest BCUT2D eigenvalue weighted by atomic mass is 9.96. The van der Waals surface area contributed by atoms with Gasteiger partial charge in [0.05, 0.1) is 16.2 Å². The monoisotopic (exact) mass is 458 g/mol. The van der Waals surface area contributed by atoms with E-state index in [0.717, 1.165) is 0 Å². The highest BCUT2D eigenvalue weighted by atomic mass is 19.1. The predicted molar refractivity (Wildman–Crippen MR) is 122 cm³/mol. The molecule has 0 saturated heterocycles. The van der Waals surface area contributed by atoms with Crippen molar-refractivity contribution in [3.63, 3.8) is 0 Å². The van der Waals surface area contributed by atoms with Crippen LogP contribution in [0.5, 0.6) is 5.75 Å². The minimum Gasteiger partial charge on any atom is -0.507 e. The van der Waals surface area contributed by atoms with Gasteiger partial charge in [0, 0.05) is 39.7 Å². The number of aromatic hydroxyl groups is 1. The lowest BCUT2D eigenvalue weighted by Gasteiger charge is -2.12. The summed E-state index contributed by atoms with van der Waals surface area (Å²) in [7, 11) is 0. The van der Waals surface area contributed by atoms with E-state index < -0.39 is 16.6 Å². The number of tetrazole rings is 1. The Bertz CT molecular complexity index is 1590. The van der Waals surface area contributed by atoms with Crippen LogP contribution >= 0.6 is 0 Å². The Morgan fingerprint density at radius 1 is 1.12 bits per heavy atom. The van der Waals surface area contributed by atoms with Crippen LogP contribution in [0.15, 0.2) is 54.6 Å². The van der Waals surface area contributed by atoms with Crippen LogP contribution in [0.1, 0.15) is 5.56 Å². The van der Waals surface area contributed by atoms with Gasteiger partial charge in [-0.25, -0.2) is 4.39 Å². The number of amidine groups is 1. The van der Waals surface area contributed by atoms with Crippen molar-refractivity contribution in [2.45, 2.75) is 0 Å². The molecule has 0 bridgehead atoms. The number of aromatic nitrogens is 5. The lowest BCUT2D eigenvalue weighted by Crippen LogP contribution is -2.12. The molecule has 2 heterocycles. The molecule has 0 aliphatic rings. The molecule has 6 N–H and O–H groups in total. The van der Waals surface area contributed by atoms with Gasteiger partial charge in [0.25, 0.3) is 5.69 Å². The van der Waals surface area contributed by atoms with Crippen molar-refractivity contribution in [3.8, 4) is 39.5 Å². The third-order valence-electron chi connectivity index (χ3n) is 5.37. The number of non-ortho nitro benzene ring substituents is 1. The van der Waals surface area contributed by atoms with Gasteiger partial charge >= 0.3 is 0 Å². The van der Waals surface area contributed by atoms with E-state index in [1.54, 1.807) is 24.3 Å². The number of phenols is 1. The first-order valence-electron chi connectivity index (χ1n) is 9.84. The number of H-pyrrole nitrogens is 2. The number of fused-ring (bicyclic) bond motifs is 1. The number of halogens is 1. The highest BCUT2D eigenvalue weighted by Gasteiger charge is 2.20. The number of nitro groups is 1. The molecule has 0 amide bonds. The molecule has 11 nitrogen and oxygen atoms in total. The smallest absolute Gasteiger partial charge is 0.270 e. The second-order valence-corrected chi connectivity index (χ2v) is 7.48. The molecule has 5 rings (SSSR count). The normalized spacial score (nSPS) is 11.1. The number of nitro benzene ring substituents is 1. The molecule has 0 atom stereocenters. The summed E-state index contributed by atoms with van der Waals surface area (Å²) in [5.74, 6) is -0.979. The van der Waals surface area contributed by atoms with E-state index in [0.29, 0.717) is 38.9 Å². The fourth-order valence-electron chi connectivity index (χ4n) is 3.77. The zero-order valence-electron chi connectivity index (χ0n) is 17.2. The summed E-state index contributed by atoms with van der Waals surface area (Å²) in [5.41, 5.74) is 7.66. The topological polar surface area (TPSA) is 183 Å². The molecule has 5 aromatic rings. The van der Waals surface area contributed by atoms with Crippen molar-refractivity contribution in [3.05, 3.63) is 76.1 Å². The number of aromatic amines is 2. The first kappa shape index (κ1) is 20.8. The van der Waals surface area contributed by atoms with Crippen LogP contribution in [-0.4, -0.2) is 41.5 Å².